The van der Waals surface area contributed by atoms with Gasteiger partial charge in [0.1, 0.15) is 0 Å². The van der Waals surface area contributed by atoms with E-state index in [2.05, 4.69) is 22.3 Å². The van der Waals surface area contributed by atoms with Crippen molar-refractivity contribution in [2.75, 3.05) is 39.4 Å². The number of halogens is 1. The molecule has 110 valence electrons. The fourth-order valence-electron chi connectivity index (χ4n) is 2.78. The molecule has 1 atom stereocenters. The van der Waals surface area contributed by atoms with E-state index in [0.717, 1.165) is 50.3 Å². The van der Waals surface area contributed by atoms with Crippen molar-refractivity contribution in [1.82, 2.24) is 10.2 Å². The second kappa shape index (κ2) is 6.90. The third-order valence-electron chi connectivity index (χ3n) is 4.19. The molecule has 1 N–H and O–H groups in total. The molecule has 20 heavy (non-hydrogen) atoms. The lowest BCUT2D eigenvalue weighted by molar-refractivity contribution is 0.0716. The molecule has 3 nitrogen and oxygen atoms in total. The molecule has 2 fully saturated rings. The number of nitrogens with one attached hydrogen (secondary N) is 1. The maximum absolute atomic E-state index is 6.35. The van der Waals surface area contributed by atoms with Crippen molar-refractivity contribution in [1.29, 1.82) is 0 Å². The van der Waals surface area contributed by atoms with E-state index in [1.165, 1.54) is 18.4 Å². The van der Waals surface area contributed by atoms with Crippen LogP contribution in [0.1, 0.15) is 24.4 Å². The van der Waals surface area contributed by atoms with Crippen molar-refractivity contribution in [2.24, 2.45) is 5.92 Å². The van der Waals surface area contributed by atoms with Gasteiger partial charge in [-0.05, 0) is 30.4 Å². The summed E-state index contributed by atoms with van der Waals surface area (Å²) in [6.07, 6.45) is 2.71. The number of nitrogens with zero attached hydrogens (tertiary/aromatic N) is 1. The molecule has 0 amide bonds. The van der Waals surface area contributed by atoms with E-state index >= 15 is 0 Å². The molecular weight excluding hydrogens is 272 g/mol. The molecule has 4 heteroatoms. The maximum Gasteiger partial charge on any atom is 0.0593 e. The van der Waals surface area contributed by atoms with Crippen LogP contribution in [0.4, 0.5) is 0 Å². The smallest absolute Gasteiger partial charge is 0.0593 e. The second-order valence-electron chi connectivity index (χ2n) is 5.80. The van der Waals surface area contributed by atoms with E-state index in [1.807, 2.05) is 12.1 Å². The summed E-state index contributed by atoms with van der Waals surface area (Å²) in [6.45, 7) is 5.84. The van der Waals surface area contributed by atoms with E-state index in [9.17, 15) is 0 Å². The van der Waals surface area contributed by atoms with Crippen molar-refractivity contribution in [3.63, 3.8) is 0 Å². The van der Waals surface area contributed by atoms with Gasteiger partial charge in [-0.2, -0.15) is 0 Å². The van der Waals surface area contributed by atoms with Crippen LogP contribution in [-0.4, -0.2) is 44.3 Å². The highest BCUT2D eigenvalue weighted by atomic mass is 35.5. The lowest BCUT2D eigenvalue weighted by atomic mass is 10.0. The van der Waals surface area contributed by atoms with Crippen LogP contribution >= 0.6 is 11.6 Å². The first-order valence-corrected chi connectivity index (χ1v) is 7.99. The van der Waals surface area contributed by atoms with Gasteiger partial charge in [-0.15, -0.1) is 0 Å². The summed E-state index contributed by atoms with van der Waals surface area (Å²) >= 11 is 6.35. The molecule has 0 radical (unpaired) electrons. The highest BCUT2D eigenvalue weighted by Gasteiger charge is 2.25. The topological polar surface area (TPSA) is 24.5 Å². The Morgan fingerprint density at radius 1 is 1.30 bits per heavy atom. The van der Waals surface area contributed by atoms with Gasteiger partial charge in [-0.3, -0.25) is 4.90 Å². The largest absolute Gasteiger partial charge is 0.380 e. The third kappa shape index (κ3) is 3.73. The SMILES string of the molecule is Clc1ccccc1C1CNCCN1CCOCC1CC1. The third-order valence-corrected chi connectivity index (χ3v) is 4.54. The van der Waals surface area contributed by atoms with Gasteiger partial charge < -0.3 is 10.1 Å². The van der Waals surface area contributed by atoms with Crippen LogP contribution in [0.25, 0.3) is 0 Å². The fraction of sp³-hybridized carbons (Fsp3) is 0.625. The first-order valence-electron chi connectivity index (χ1n) is 7.61. The summed E-state index contributed by atoms with van der Waals surface area (Å²) in [5.74, 6) is 0.845. The number of rotatable bonds is 6. The lowest BCUT2D eigenvalue weighted by Gasteiger charge is -2.36. The van der Waals surface area contributed by atoms with Crippen LogP contribution in [0.3, 0.4) is 0 Å². The quantitative estimate of drug-likeness (QED) is 0.817. The molecule has 1 aliphatic heterocycles. The molecule has 0 bridgehead atoms. The van der Waals surface area contributed by atoms with Crippen molar-refractivity contribution < 1.29 is 4.74 Å². The molecule has 3 rings (SSSR count). The predicted octanol–water partition coefficient (Wildman–Crippen LogP) is 2.71. The van der Waals surface area contributed by atoms with Gasteiger partial charge in [-0.1, -0.05) is 29.8 Å². The van der Waals surface area contributed by atoms with Gasteiger partial charge in [0.2, 0.25) is 0 Å². The van der Waals surface area contributed by atoms with Crippen LogP contribution in [0.15, 0.2) is 24.3 Å². The standard InChI is InChI=1S/C16H23ClN2O/c17-15-4-2-1-3-14(15)16-11-18-7-8-19(16)9-10-20-12-13-5-6-13/h1-4,13,16,18H,5-12H2. The Morgan fingerprint density at radius 3 is 2.95 bits per heavy atom. The minimum atomic E-state index is 0.363. The highest BCUT2D eigenvalue weighted by molar-refractivity contribution is 6.31. The number of piperazine rings is 1. The van der Waals surface area contributed by atoms with Crippen LogP contribution in [0, 0.1) is 5.92 Å². The predicted molar refractivity (Wildman–Crippen MR) is 82.2 cm³/mol. The molecule has 1 aromatic rings. The second-order valence-corrected chi connectivity index (χ2v) is 6.20. The maximum atomic E-state index is 6.35. The van der Waals surface area contributed by atoms with Crippen molar-refractivity contribution in [3.05, 3.63) is 34.9 Å². The van der Waals surface area contributed by atoms with Crippen molar-refractivity contribution >= 4 is 11.6 Å². The Kier molecular flexibility index (Phi) is 4.94. The summed E-state index contributed by atoms with van der Waals surface area (Å²) in [7, 11) is 0. The molecule has 0 spiro atoms. The molecule has 2 aliphatic rings. The highest BCUT2D eigenvalue weighted by Crippen LogP contribution is 2.29. The number of hydrogen-bond acceptors (Lipinski definition) is 3. The molecule has 1 unspecified atom stereocenters. The number of hydrogen-bond donors (Lipinski definition) is 1. The first kappa shape index (κ1) is 14.3. The van der Waals surface area contributed by atoms with Crippen molar-refractivity contribution in [2.45, 2.75) is 18.9 Å². The fourth-order valence-corrected chi connectivity index (χ4v) is 3.04. The molecule has 0 aromatic heterocycles. The van der Waals surface area contributed by atoms with Gasteiger partial charge in [0.05, 0.1) is 6.61 Å². The molecular formula is C16H23ClN2O. The molecule has 1 heterocycles. The zero-order chi connectivity index (χ0) is 13.8. The average Bonchev–Trinajstić information content (AvgIpc) is 3.29. The normalized spacial score (nSPS) is 23.9. The number of ether oxygens (including phenoxy) is 1. The molecule has 1 saturated heterocycles. The Bertz CT molecular complexity index is 436. The zero-order valence-electron chi connectivity index (χ0n) is 11.9. The van der Waals surface area contributed by atoms with Gasteiger partial charge in [0, 0.05) is 43.9 Å². The summed E-state index contributed by atoms with van der Waals surface area (Å²) in [5.41, 5.74) is 1.23. The van der Waals surface area contributed by atoms with Crippen LogP contribution < -0.4 is 5.32 Å². The summed E-state index contributed by atoms with van der Waals surface area (Å²) in [5, 5.41) is 4.33. The van der Waals surface area contributed by atoms with Gasteiger partial charge in [-0.25, -0.2) is 0 Å². The van der Waals surface area contributed by atoms with Gasteiger partial charge in [0.15, 0.2) is 0 Å². The Morgan fingerprint density at radius 2 is 2.15 bits per heavy atom. The average molecular weight is 295 g/mol. The van der Waals surface area contributed by atoms with E-state index < -0.39 is 0 Å². The molecule has 1 aliphatic carbocycles. The molecule has 1 saturated carbocycles. The van der Waals surface area contributed by atoms with Gasteiger partial charge in [0.25, 0.3) is 0 Å². The Labute approximate surface area is 126 Å². The first-order chi connectivity index (χ1) is 9.84. The lowest BCUT2D eigenvalue weighted by Crippen LogP contribution is -2.47. The van der Waals surface area contributed by atoms with Crippen LogP contribution in [-0.2, 0) is 4.74 Å². The molecule has 1 aromatic carbocycles. The van der Waals surface area contributed by atoms with E-state index in [0.29, 0.717) is 6.04 Å². The summed E-state index contributed by atoms with van der Waals surface area (Å²) in [4.78, 5) is 2.49. The van der Waals surface area contributed by atoms with E-state index in [1.54, 1.807) is 0 Å². The van der Waals surface area contributed by atoms with Crippen LogP contribution in [0.2, 0.25) is 5.02 Å². The van der Waals surface area contributed by atoms with E-state index in [-0.39, 0.29) is 0 Å². The van der Waals surface area contributed by atoms with Crippen molar-refractivity contribution in [3.8, 4) is 0 Å². The Hall–Kier alpha value is -0.610. The Balaban J connectivity index is 1.56. The summed E-state index contributed by atoms with van der Waals surface area (Å²) in [6, 6.07) is 8.54. The minimum absolute atomic E-state index is 0.363. The summed E-state index contributed by atoms with van der Waals surface area (Å²) < 4.78 is 5.78. The van der Waals surface area contributed by atoms with E-state index in [4.69, 9.17) is 16.3 Å². The monoisotopic (exact) mass is 294 g/mol. The number of benzene rings is 1. The van der Waals surface area contributed by atoms with Gasteiger partial charge >= 0.3 is 0 Å². The van der Waals surface area contributed by atoms with Crippen LogP contribution in [0.5, 0.6) is 0 Å². The minimum Gasteiger partial charge on any atom is -0.380 e. The zero-order valence-corrected chi connectivity index (χ0v) is 12.6.